The molecule has 1 amide bonds. The predicted molar refractivity (Wildman–Crippen MR) is 103 cm³/mol. The second-order valence-corrected chi connectivity index (χ2v) is 7.01. The van der Waals surface area contributed by atoms with Gasteiger partial charge >= 0.3 is 5.97 Å². The molecule has 1 fully saturated rings. The highest BCUT2D eigenvalue weighted by molar-refractivity contribution is 5.93. The molecule has 1 aliphatic heterocycles. The zero-order valence-corrected chi connectivity index (χ0v) is 15.5. The lowest BCUT2D eigenvalue weighted by Gasteiger charge is -2.26. The number of rotatable bonds is 5. The molecule has 0 aliphatic carbocycles. The van der Waals surface area contributed by atoms with E-state index < -0.39 is 12.0 Å². The summed E-state index contributed by atoms with van der Waals surface area (Å²) in [6.45, 7) is 4.42. The summed E-state index contributed by atoms with van der Waals surface area (Å²) in [6, 6.07) is 12.7. The number of hydrogen-bond donors (Lipinski definition) is 3. The van der Waals surface area contributed by atoms with Gasteiger partial charge in [0.15, 0.2) is 0 Å². The smallest absolute Gasteiger partial charge is 0.320 e. The van der Waals surface area contributed by atoms with Gasteiger partial charge in [-0.25, -0.2) is 0 Å². The van der Waals surface area contributed by atoms with Gasteiger partial charge in [0.1, 0.15) is 17.5 Å². The fourth-order valence-corrected chi connectivity index (χ4v) is 3.27. The minimum Gasteiger partial charge on any atom is -0.480 e. The Kier molecular flexibility index (Phi) is 5.76. The molecule has 0 radical (unpaired) electrons. The van der Waals surface area contributed by atoms with Gasteiger partial charge in [0.05, 0.1) is 5.92 Å². The van der Waals surface area contributed by atoms with E-state index in [2.05, 4.69) is 16.7 Å². The SMILES string of the molecule is Cc1cc(C)cc(Oc2ccc(NC(=O)C3CCC(C(=O)O)NC3)cc2)c1. The molecule has 0 bridgehead atoms. The van der Waals surface area contributed by atoms with Crippen LogP contribution in [0.5, 0.6) is 11.5 Å². The van der Waals surface area contributed by atoms with Crippen LogP contribution in [-0.2, 0) is 9.59 Å². The van der Waals surface area contributed by atoms with Gasteiger partial charge in [0, 0.05) is 12.2 Å². The van der Waals surface area contributed by atoms with Crippen molar-refractivity contribution in [2.24, 2.45) is 5.92 Å². The maximum atomic E-state index is 12.4. The number of piperidine rings is 1. The van der Waals surface area contributed by atoms with Gasteiger partial charge in [-0.2, -0.15) is 0 Å². The van der Waals surface area contributed by atoms with E-state index in [0.717, 1.165) is 16.9 Å². The number of carboxylic acid groups (broad SMARTS) is 1. The molecule has 142 valence electrons. The largest absolute Gasteiger partial charge is 0.480 e. The van der Waals surface area contributed by atoms with Crippen molar-refractivity contribution in [1.82, 2.24) is 5.32 Å². The molecule has 2 aromatic rings. The highest BCUT2D eigenvalue weighted by Gasteiger charge is 2.29. The van der Waals surface area contributed by atoms with E-state index in [1.807, 2.05) is 38.1 Å². The zero-order valence-electron chi connectivity index (χ0n) is 15.5. The first kappa shape index (κ1) is 18.9. The van der Waals surface area contributed by atoms with Gasteiger partial charge in [0.25, 0.3) is 0 Å². The van der Waals surface area contributed by atoms with Crippen molar-refractivity contribution in [2.45, 2.75) is 32.7 Å². The van der Waals surface area contributed by atoms with Gasteiger partial charge in [-0.1, -0.05) is 6.07 Å². The van der Waals surface area contributed by atoms with Crippen LogP contribution >= 0.6 is 0 Å². The first-order valence-electron chi connectivity index (χ1n) is 9.04. The van der Waals surface area contributed by atoms with Crippen LogP contribution in [-0.4, -0.2) is 29.6 Å². The second kappa shape index (κ2) is 8.22. The van der Waals surface area contributed by atoms with Gasteiger partial charge in [-0.05, 0) is 74.2 Å². The minimum absolute atomic E-state index is 0.102. The molecule has 1 aliphatic rings. The molecular weight excluding hydrogens is 344 g/mol. The summed E-state index contributed by atoms with van der Waals surface area (Å²) in [6.07, 6.45) is 1.01. The van der Waals surface area contributed by atoms with Gasteiger partial charge in [-0.3, -0.25) is 9.59 Å². The lowest BCUT2D eigenvalue weighted by molar-refractivity contribution is -0.141. The standard InChI is InChI=1S/C21H24N2O4/c1-13-9-14(2)11-18(10-13)27-17-6-4-16(5-7-17)23-20(24)15-3-8-19(21(25)26)22-12-15/h4-7,9-11,15,19,22H,3,8,12H2,1-2H3,(H,23,24)(H,25,26). The van der Waals surface area contributed by atoms with E-state index >= 15 is 0 Å². The van der Waals surface area contributed by atoms with E-state index in [1.165, 1.54) is 0 Å². The maximum absolute atomic E-state index is 12.4. The summed E-state index contributed by atoms with van der Waals surface area (Å²) >= 11 is 0. The lowest BCUT2D eigenvalue weighted by Crippen LogP contribution is -2.46. The van der Waals surface area contributed by atoms with Crippen molar-refractivity contribution in [3.63, 3.8) is 0 Å². The molecule has 3 N–H and O–H groups in total. The van der Waals surface area contributed by atoms with Gasteiger partial charge in [0.2, 0.25) is 5.91 Å². The predicted octanol–water partition coefficient (Wildman–Crippen LogP) is 3.49. The Morgan fingerprint density at radius 1 is 1.04 bits per heavy atom. The molecule has 1 heterocycles. The molecule has 1 saturated heterocycles. The van der Waals surface area contributed by atoms with Crippen molar-refractivity contribution < 1.29 is 19.4 Å². The van der Waals surface area contributed by atoms with Crippen molar-refractivity contribution >= 4 is 17.6 Å². The van der Waals surface area contributed by atoms with Gasteiger partial charge < -0.3 is 20.5 Å². The summed E-state index contributed by atoms with van der Waals surface area (Å²) in [5.74, 6) is 0.279. The van der Waals surface area contributed by atoms with Crippen LogP contribution in [0.2, 0.25) is 0 Å². The molecular formula is C21H24N2O4. The number of aliphatic carboxylic acids is 1. The third-order valence-electron chi connectivity index (χ3n) is 4.64. The molecule has 0 saturated carbocycles. The first-order valence-corrected chi connectivity index (χ1v) is 9.04. The van der Waals surface area contributed by atoms with Crippen LogP contribution in [0.4, 0.5) is 5.69 Å². The molecule has 2 unspecified atom stereocenters. The second-order valence-electron chi connectivity index (χ2n) is 7.01. The minimum atomic E-state index is -0.867. The zero-order chi connectivity index (χ0) is 19.4. The quantitative estimate of drug-likeness (QED) is 0.752. The molecule has 0 spiro atoms. The monoisotopic (exact) mass is 368 g/mol. The number of anilines is 1. The molecule has 6 nitrogen and oxygen atoms in total. The number of carbonyl (C=O) groups is 2. The average Bonchev–Trinajstić information content (AvgIpc) is 2.62. The lowest BCUT2D eigenvalue weighted by atomic mass is 9.94. The Bertz CT molecular complexity index is 804. The molecule has 3 rings (SSSR count). The van der Waals surface area contributed by atoms with Gasteiger partial charge in [-0.15, -0.1) is 0 Å². The van der Waals surface area contributed by atoms with Crippen molar-refractivity contribution in [2.75, 3.05) is 11.9 Å². The highest BCUT2D eigenvalue weighted by Crippen LogP contribution is 2.25. The summed E-state index contributed by atoms with van der Waals surface area (Å²) < 4.78 is 5.87. The van der Waals surface area contributed by atoms with E-state index in [-0.39, 0.29) is 11.8 Å². The Balaban J connectivity index is 1.56. The number of nitrogens with one attached hydrogen (secondary N) is 2. The third-order valence-corrected chi connectivity index (χ3v) is 4.64. The molecule has 6 heteroatoms. The topological polar surface area (TPSA) is 87.7 Å². The summed E-state index contributed by atoms with van der Waals surface area (Å²) in [7, 11) is 0. The normalized spacial score (nSPS) is 19.3. The molecule has 2 aromatic carbocycles. The van der Waals surface area contributed by atoms with Crippen LogP contribution in [0.3, 0.4) is 0 Å². The van der Waals surface area contributed by atoms with E-state index in [1.54, 1.807) is 12.1 Å². The third kappa shape index (κ3) is 5.08. The number of hydrogen-bond acceptors (Lipinski definition) is 4. The van der Waals surface area contributed by atoms with Crippen LogP contribution in [0.1, 0.15) is 24.0 Å². The number of benzene rings is 2. The van der Waals surface area contributed by atoms with Crippen molar-refractivity contribution in [3.05, 3.63) is 53.6 Å². The molecule has 2 atom stereocenters. The number of aryl methyl sites for hydroxylation is 2. The van der Waals surface area contributed by atoms with Crippen molar-refractivity contribution in [3.8, 4) is 11.5 Å². The number of carbonyl (C=O) groups excluding carboxylic acids is 1. The number of carboxylic acids is 1. The van der Waals surface area contributed by atoms with E-state index in [4.69, 9.17) is 9.84 Å². The molecule has 27 heavy (non-hydrogen) atoms. The number of amides is 1. The first-order chi connectivity index (χ1) is 12.9. The van der Waals surface area contributed by atoms with E-state index in [0.29, 0.717) is 30.8 Å². The summed E-state index contributed by atoms with van der Waals surface area (Å²) in [5, 5.41) is 14.8. The Hall–Kier alpha value is -2.86. The Labute approximate surface area is 158 Å². The fraction of sp³-hybridized carbons (Fsp3) is 0.333. The summed E-state index contributed by atoms with van der Waals surface area (Å²) in [5.41, 5.74) is 2.97. The maximum Gasteiger partial charge on any atom is 0.320 e. The number of ether oxygens (including phenoxy) is 1. The van der Waals surface area contributed by atoms with E-state index in [9.17, 15) is 9.59 Å². The van der Waals surface area contributed by atoms with Crippen LogP contribution < -0.4 is 15.4 Å². The Morgan fingerprint density at radius 2 is 1.70 bits per heavy atom. The van der Waals surface area contributed by atoms with Crippen LogP contribution in [0, 0.1) is 19.8 Å². The Morgan fingerprint density at radius 3 is 2.26 bits per heavy atom. The average molecular weight is 368 g/mol. The van der Waals surface area contributed by atoms with Crippen molar-refractivity contribution in [1.29, 1.82) is 0 Å². The van der Waals surface area contributed by atoms with Crippen LogP contribution in [0.15, 0.2) is 42.5 Å². The fourth-order valence-electron chi connectivity index (χ4n) is 3.27. The van der Waals surface area contributed by atoms with Crippen LogP contribution in [0.25, 0.3) is 0 Å². The molecule has 0 aromatic heterocycles. The highest BCUT2D eigenvalue weighted by atomic mass is 16.5. The summed E-state index contributed by atoms with van der Waals surface area (Å²) in [4.78, 5) is 23.3.